The molecule has 1 saturated heterocycles. The number of non-ortho nitro benzene ring substituents is 1. The van der Waals surface area contributed by atoms with Crippen LogP contribution in [-0.2, 0) is 4.79 Å². The van der Waals surface area contributed by atoms with Gasteiger partial charge in [-0.3, -0.25) is 19.7 Å². The minimum absolute atomic E-state index is 0.00921. The standard InChI is InChI=1S/C20H23N3O5/c1-14(16-5-3-6-17(13-16)23(26)27)21(2)19(24)15-8-10-22(11-9-15)20(25)18-7-4-12-28-18/h3-7,12-15H,8-11H2,1-2H3/t14-/m1/s1. The first-order chi connectivity index (χ1) is 13.4. The summed E-state index contributed by atoms with van der Waals surface area (Å²) in [5, 5.41) is 11.0. The molecule has 2 heterocycles. The van der Waals surface area contributed by atoms with Crippen LogP contribution >= 0.6 is 0 Å². The molecule has 0 unspecified atom stereocenters. The average molecular weight is 385 g/mol. The second-order valence-electron chi connectivity index (χ2n) is 7.02. The minimum Gasteiger partial charge on any atom is -0.459 e. The van der Waals surface area contributed by atoms with Crippen molar-refractivity contribution in [1.82, 2.24) is 9.80 Å². The van der Waals surface area contributed by atoms with E-state index in [1.54, 1.807) is 41.1 Å². The zero-order valence-electron chi connectivity index (χ0n) is 15.9. The Hall–Kier alpha value is -3.16. The number of likely N-dealkylation sites (tertiary alicyclic amines) is 1. The van der Waals surface area contributed by atoms with E-state index >= 15 is 0 Å². The van der Waals surface area contributed by atoms with Gasteiger partial charge in [0.15, 0.2) is 5.76 Å². The van der Waals surface area contributed by atoms with Crippen molar-refractivity contribution in [3.8, 4) is 0 Å². The van der Waals surface area contributed by atoms with Crippen molar-refractivity contribution in [2.45, 2.75) is 25.8 Å². The molecule has 0 N–H and O–H groups in total. The van der Waals surface area contributed by atoms with E-state index in [0.717, 1.165) is 5.56 Å². The molecule has 8 heteroatoms. The van der Waals surface area contributed by atoms with Gasteiger partial charge in [0.1, 0.15) is 0 Å². The number of benzene rings is 1. The second kappa shape index (κ2) is 8.24. The molecule has 1 atom stereocenters. The summed E-state index contributed by atoms with van der Waals surface area (Å²) in [7, 11) is 1.71. The van der Waals surface area contributed by atoms with Crippen LogP contribution in [0.1, 0.15) is 41.9 Å². The van der Waals surface area contributed by atoms with Gasteiger partial charge in [0.2, 0.25) is 5.91 Å². The number of hydrogen-bond donors (Lipinski definition) is 0. The molecule has 8 nitrogen and oxygen atoms in total. The number of piperidine rings is 1. The van der Waals surface area contributed by atoms with Crippen molar-refractivity contribution in [3.05, 3.63) is 64.1 Å². The van der Waals surface area contributed by atoms with Gasteiger partial charge in [0, 0.05) is 38.2 Å². The highest BCUT2D eigenvalue weighted by Crippen LogP contribution is 2.27. The number of hydrogen-bond acceptors (Lipinski definition) is 5. The molecule has 1 fully saturated rings. The van der Waals surface area contributed by atoms with E-state index in [1.807, 2.05) is 6.92 Å². The Morgan fingerprint density at radius 2 is 1.96 bits per heavy atom. The first-order valence-corrected chi connectivity index (χ1v) is 9.22. The van der Waals surface area contributed by atoms with E-state index in [2.05, 4.69) is 0 Å². The third-order valence-corrected chi connectivity index (χ3v) is 5.36. The summed E-state index contributed by atoms with van der Waals surface area (Å²) in [6.07, 6.45) is 2.63. The Kier molecular flexibility index (Phi) is 5.77. The molecular formula is C20H23N3O5. The number of carbonyl (C=O) groups is 2. The summed E-state index contributed by atoms with van der Waals surface area (Å²) < 4.78 is 5.15. The van der Waals surface area contributed by atoms with E-state index < -0.39 is 4.92 Å². The summed E-state index contributed by atoms with van der Waals surface area (Å²) in [4.78, 5) is 39.1. The molecule has 148 valence electrons. The number of furan rings is 1. The largest absolute Gasteiger partial charge is 0.459 e. The molecule has 0 saturated carbocycles. The van der Waals surface area contributed by atoms with Crippen LogP contribution in [0.4, 0.5) is 5.69 Å². The number of carbonyl (C=O) groups excluding carboxylic acids is 2. The van der Waals surface area contributed by atoms with Gasteiger partial charge in [-0.15, -0.1) is 0 Å². The first kappa shape index (κ1) is 19.6. The van der Waals surface area contributed by atoms with Gasteiger partial charge in [-0.05, 0) is 37.5 Å². The molecule has 3 rings (SSSR count). The molecule has 0 spiro atoms. The highest BCUT2D eigenvalue weighted by atomic mass is 16.6. The molecule has 2 amide bonds. The lowest BCUT2D eigenvalue weighted by atomic mass is 9.94. The summed E-state index contributed by atoms with van der Waals surface area (Å²) >= 11 is 0. The number of amides is 2. The van der Waals surface area contributed by atoms with E-state index in [9.17, 15) is 19.7 Å². The van der Waals surface area contributed by atoms with Gasteiger partial charge in [-0.1, -0.05) is 12.1 Å². The molecular weight excluding hydrogens is 362 g/mol. The molecule has 1 aliphatic heterocycles. The Balaban J connectivity index is 1.60. The fraction of sp³-hybridized carbons (Fsp3) is 0.400. The van der Waals surface area contributed by atoms with Crippen molar-refractivity contribution >= 4 is 17.5 Å². The van der Waals surface area contributed by atoms with E-state index in [1.165, 1.54) is 18.4 Å². The molecule has 0 radical (unpaired) electrons. The van der Waals surface area contributed by atoms with Gasteiger partial charge < -0.3 is 14.2 Å². The van der Waals surface area contributed by atoms with Crippen LogP contribution in [0.25, 0.3) is 0 Å². The van der Waals surface area contributed by atoms with Crippen molar-refractivity contribution in [2.24, 2.45) is 5.92 Å². The third kappa shape index (κ3) is 4.05. The summed E-state index contributed by atoms with van der Waals surface area (Å²) in [6.45, 7) is 2.84. The Morgan fingerprint density at radius 3 is 2.57 bits per heavy atom. The first-order valence-electron chi connectivity index (χ1n) is 9.22. The zero-order chi connectivity index (χ0) is 20.3. The minimum atomic E-state index is -0.441. The van der Waals surface area contributed by atoms with Crippen molar-refractivity contribution in [2.75, 3.05) is 20.1 Å². The number of nitrogens with zero attached hydrogens (tertiary/aromatic N) is 3. The lowest BCUT2D eigenvalue weighted by Gasteiger charge is -2.34. The SMILES string of the molecule is C[C@H](c1cccc([N+](=O)[O-])c1)N(C)C(=O)C1CCN(C(=O)c2ccco2)CC1. The molecule has 1 aromatic carbocycles. The van der Waals surface area contributed by atoms with Gasteiger partial charge in [0.05, 0.1) is 17.2 Å². The molecule has 2 aromatic rings. The van der Waals surface area contributed by atoms with Gasteiger partial charge in [0.25, 0.3) is 11.6 Å². The lowest BCUT2D eigenvalue weighted by Crippen LogP contribution is -2.44. The van der Waals surface area contributed by atoms with E-state index in [4.69, 9.17) is 4.42 Å². The van der Waals surface area contributed by atoms with Crippen molar-refractivity contribution in [1.29, 1.82) is 0 Å². The quantitative estimate of drug-likeness (QED) is 0.581. The Morgan fingerprint density at radius 1 is 1.25 bits per heavy atom. The van der Waals surface area contributed by atoms with Crippen LogP contribution in [0.15, 0.2) is 47.1 Å². The molecule has 1 aliphatic rings. The van der Waals surface area contributed by atoms with Crippen LogP contribution in [0.2, 0.25) is 0 Å². The number of nitro benzene ring substituents is 1. The predicted octanol–water partition coefficient (Wildman–Crippen LogP) is 3.26. The topological polar surface area (TPSA) is 96.9 Å². The van der Waals surface area contributed by atoms with Crippen molar-refractivity contribution in [3.63, 3.8) is 0 Å². The monoisotopic (exact) mass is 385 g/mol. The van der Waals surface area contributed by atoms with Crippen LogP contribution in [0.5, 0.6) is 0 Å². The van der Waals surface area contributed by atoms with Gasteiger partial charge >= 0.3 is 0 Å². The van der Waals surface area contributed by atoms with Crippen LogP contribution < -0.4 is 0 Å². The molecule has 0 aliphatic carbocycles. The van der Waals surface area contributed by atoms with E-state index in [-0.39, 0.29) is 29.5 Å². The fourth-order valence-corrected chi connectivity index (χ4v) is 3.49. The summed E-state index contributed by atoms with van der Waals surface area (Å²) in [5.41, 5.74) is 0.727. The maximum Gasteiger partial charge on any atom is 0.289 e. The highest BCUT2D eigenvalue weighted by Gasteiger charge is 2.32. The third-order valence-electron chi connectivity index (χ3n) is 5.36. The summed E-state index contributed by atoms with van der Waals surface area (Å²) in [5.74, 6) is -0.0358. The predicted molar refractivity (Wildman–Crippen MR) is 102 cm³/mol. The Labute approximate surface area is 162 Å². The normalized spacial score (nSPS) is 15.9. The van der Waals surface area contributed by atoms with Crippen molar-refractivity contribution < 1.29 is 18.9 Å². The summed E-state index contributed by atoms with van der Waals surface area (Å²) in [6, 6.07) is 9.37. The maximum absolute atomic E-state index is 12.9. The van der Waals surface area contributed by atoms with Crippen LogP contribution in [0, 0.1) is 16.0 Å². The molecule has 0 bridgehead atoms. The average Bonchev–Trinajstić information content (AvgIpc) is 3.26. The lowest BCUT2D eigenvalue weighted by molar-refractivity contribution is -0.384. The fourth-order valence-electron chi connectivity index (χ4n) is 3.49. The molecule has 1 aromatic heterocycles. The zero-order valence-corrected chi connectivity index (χ0v) is 15.9. The number of nitro groups is 1. The van der Waals surface area contributed by atoms with E-state index in [0.29, 0.717) is 31.7 Å². The maximum atomic E-state index is 12.9. The molecule has 28 heavy (non-hydrogen) atoms. The second-order valence-corrected chi connectivity index (χ2v) is 7.02. The Bertz CT molecular complexity index is 856. The van der Waals surface area contributed by atoms with Crippen LogP contribution in [0.3, 0.4) is 0 Å². The van der Waals surface area contributed by atoms with Crippen LogP contribution in [-0.4, -0.2) is 46.7 Å². The smallest absolute Gasteiger partial charge is 0.289 e. The number of rotatable bonds is 5. The van der Waals surface area contributed by atoms with Gasteiger partial charge in [-0.25, -0.2) is 0 Å². The highest BCUT2D eigenvalue weighted by molar-refractivity contribution is 5.91. The van der Waals surface area contributed by atoms with Gasteiger partial charge in [-0.2, -0.15) is 0 Å².